The Morgan fingerprint density at radius 2 is 1.89 bits per heavy atom. The highest BCUT2D eigenvalue weighted by molar-refractivity contribution is 5.54. The Labute approximate surface area is 107 Å². The molecule has 0 aliphatic carbocycles. The molecule has 0 saturated carbocycles. The fourth-order valence-electron chi connectivity index (χ4n) is 1.53. The van der Waals surface area contributed by atoms with Gasteiger partial charge in [0.05, 0.1) is 0 Å². The number of halogens is 3. The van der Waals surface area contributed by atoms with E-state index in [4.69, 9.17) is 10.5 Å². The van der Waals surface area contributed by atoms with E-state index in [-0.39, 0.29) is 5.75 Å². The van der Waals surface area contributed by atoms with Crippen molar-refractivity contribution in [1.29, 1.82) is 0 Å². The minimum absolute atomic E-state index is 0.254. The lowest BCUT2D eigenvalue weighted by atomic mass is 10.2. The number of hydrogen-bond donors (Lipinski definition) is 1. The lowest BCUT2D eigenvalue weighted by molar-refractivity contribution is -0.138. The van der Waals surface area contributed by atoms with Crippen molar-refractivity contribution in [3.05, 3.63) is 47.7 Å². The molecule has 19 heavy (non-hydrogen) atoms. The second-order valence-electron chi connectivity index (χ2n) is 3.93. The molecule has 0 radical (unpaired) electrons. The zero-order valence-electron chi connectivity index (χ0n) is 10.0. The van der Waals surface area contributed by atoms with Gasteiger partial charge < -0.3 is 10.5 Å². The molecule has 2 rings (SSSR count). The number of hydrogen-bond acceptors (Lipinski definition) is 3. The first kappa shape index (κ1) is 13.2. The lowest BCUT2D eigenvalue weighted by Gasteiger charge is -2.14. The van der Waals surface area contributed by atoms with Gasteiger partial charge in [0.25, 0.3) is 0 Å². The van der Waals surface area contributed by atoms with E-state index in [1.54, 1.807) is 25.1 Å². The number of anilines is 1. The fourth-order valence-corrected chi connectivity index (χ4v) is 1.53. The second-order valence-corrected chi connectivity index (χ2v) is 3.93. The van der Waals surface area contributed by atoms with Gasteiger partial charge in [-0.2, -0.15) is 13.2 Å². The van der Waals surface area contributed by atoms with Gasteiger partial charge in [0.2, 0.25) is 5.88 Å². The first-order valence-corrected chi connectivity index (χ1v) is 5.45. The summed E-state index contributed by atoms with van der Waals surface area (Å²) in [7, 11) is 0. The predicted octanol–water partition coefficient (Wildman–Crippen LogP) is 3.78. The van der Waals surface area contributed by atoms with Gasteiger partial charge in [0.15, 0.2) is 0 Å². The lowest BCUT2D eigenvalue weighted by Crippen LogP contribution is -2.08. The van der Waals surface area contributed by atoms with Crippen LogP contribution in [0.5, 0.6) is 11.6 Å². The molecule has 0 aliphatic rings. The van der Waals surface area contributed by atoms with E-state index >= 15 is 0 Å². The van der Waals surface area contributed by atoms with Crippen LogP contribution in [0.4, 0.5) is 18.9 Å². The van der Waals surface area contributed by atoms with E-state index in [9.17, 15) is 13.2 Å². The third-order valence-corrected chi connectivity index (χ3v) is 2.61. The van der Waals surface area contributed by atoms with Crippen LogP contribution in [0.1, 0.15) is 11.1 Å². The van der Waals surface area contributed by atoms with Gasteiger partial charge in [0, 0.05) is 17.4 Å². The SMILES string of the molecule is Cc1c(N)cccc1Oc1ncccc1C(F)(F)F. The van der Waals surface area contributed by atoms with Crippen LogP contribution >= 0.6 is 0 Å². The number of alkyl halides is 3. The van der Waals surface area contributed by atoms with Gasteiger partial charge in [-0.15, -0.1) is 0 Å². The number of nitrogen functional groups attached to an aromatic ring is 1. The summed E-state index contributed by atoms with van der Waals surface area (Å²) in [5.41, 5.74) is 5.77. The van der Waals surface area contributed by atoms with Crippen LogP contribution < -0.4 is 10.5 Å². The summed E-state index contributed by atoms with van der Waals surface area (Å²) in [6, 6.07) is 6.92. The van der Waals surface area contributed by atoms with Gasteiger partial charge in [-0.25, -0.2) is 4.98 Å². The Morgan fingerprint density at radius 3 is 2.58 bits per heavy atom. The Morgan fingerprint density at radius 1 is 1.16 bits per heavy atom. The van der Waals surface area contributed by atoms with Crippen molar-refractivity contribution in [1.82, 2.24) is 4.98 Å². The molecule has 0 amide bonds. The van der Waals surface area contributed by atoms with Crippen molar-refractivity contribution >= 4 is 5.69 Å². The molecule has 6 heteroatoms. The molecule has 0 aliphatic heterocycles. The zero-order valence-corrected chi connectivity index (χ0v) is 10.0. The quantitative estimate of drug-likeness (QED) is 0.843. The molecule has 3 nitrogen and oxygen atoms in total. The average Bonchev–Trinajstić information content (AvgIpc) is 2.34. The first-order valence-electron chi connectivity index (χ1n) is 5.45. The van der Waals surface area contributed by atoms with Crippen LogP contribution in [-0.2, 0) is 6.18 Å². The van der Waals surface area contributed by atoms with Crippen LogP contribution in [0.15, 0.2) is 36.5 Å². The third-order valence-electron chi connectivity index (χ3n) is 2.61. The maximum absolute atomic E-state index is 12.8. The van der Waals surface area contributed by atoms with Crippen molar-refractivity contribution in [2.75, 3.05) is 5.73 Å². The maximum atomic E-state index is 12.8. The molecule has 0 saturated heterocycles. The van der Waals surface area contributed by atoms with E-state index in [2.05, 4.69) is 4.98 Å². The van der Waals surface area contributed by atoms with E-state index in [1.165, 1.54) is 12.3 Å². The minimum atomic E-state index is -4.52. The fraction of sp³-hybridized carbons (Fsp3) is 0.154. The standard InChI is InChI=1S/C13H11F3N2O/c1-8-10(17)5-2-6-11(8)19-12-9(13(14,15)16)4-3-7-18-12/h2-7H,17H2,1H3. The summed E-state index contributed by atoms with van der Waals surface area (Å²) < 4.78 is 43.6. The summed E-state index contributed by atoms with van der Waals surface area (Å²) in [6.07, 6.45) is -3.27. The van der Waals surface area contributed by atoms with E-state index in [0.717, 1.165) is 6.07 Å². The van der Waals surface area contributed by atoms with Gasteiger partial charge in [0.1, 0.15) is 11.3 Å². The number of aromatic nitrogens is 1. The van der Waals surface area contributed by atoms with Gasteiger partial charge in [-0.1, -0.05) is 6.07 Å². The van der Waals surface area contributed by atoms with Crippen molar-refractivity contribution in [2.24, 2.45) is 0 Å². The normalized spacial score (nSPS) is 11.4. The molecule has 1 aromatic carbocycles. The van der Waals surface area contributed by atoms with Crippen molar-refractivity contribution in [3.63, 3.8) is 0 Å². The number of nitrogens with zero attached hydrogens (tertiary/aromatic N) is 1. The Bertz CT molecular complexity index is 597. The van der Waals surface area contributed by atoms with Gasteiger partial charge in [-0.3, -0.25) is 0 Å². The highest BCUT2D eigenvalue weighted by Gasteiger charge is 2.35. The van der Waals surface area contributed by atoms with Crippen LogP contribution in [0.3, 0.4) is 0 Å². The Balaban J connectivity index is 2.42. The molecule has 0 unspecified atom stereocenters. The van der Waals surface area contributed by atoms with E-state index in [0.29, 0.717) is 11.3 Å². The topological polar surface area (TPSA) is 48.1 Å². The maximum Gasteiger partial charge on any atom is 0.421 e. The number of rotatable bonds is 2. The zero-order chi connectivity index (χ0) is 14.0. The van der Waals surface area contributed by atoms with Crippen LogP contribution in [0, 0.1) is 6.92 Å². The molecule has 1 aromatic heterocycles. The molecular weight excluding hydrogens is 257 g/mol. The van der Waals surface area contributed by atoms with Crippen molar-refractivity contribution in [2.45, 2.75) is 13.1 Å². The number of ether oxygens (including phenoxy) is 1. The highest BCUT2D eigenvalue weighted by atomic mass is 19.4. The van der Waals surface area contributed by atoms with Gasteiger partial charge >= 0.3 is 6.18 Å². The molecule has 1 heterocycles. The van der Waals surface area contributed by atoms with Crippen LogP contribution in [-0.4, -0.2) is 4.98 Å². The van der Waals surface area contributed by atoms with Crippen LogP contribution in [0.25, 0.3) is 0 Å². The molecule has 0 fully saturated rings. The summed E-state index contributed by atoms with van der Waals surface area (Å²) in [6.45, 7) is 1.67. The van der Waals surface area contributed by atoms with Crippen molar-refractivity contribution < 1.29 is 17.9 Å². The van der Waals surface area contributed by atoms with Crippen LogP contribution in [0.2, 0.25) is 0 Å². The number of nitrogens with two attached hydrogens (primary N) is 1. The number of pyridine rings is 1. The minimum Gasteiger partial charge on any atom is -0.438 e. The predicted molar refractivity (Wildman–Crippen MR) is 64.9 cm³/mol. The second kappa shape index (κ2) is 4.79. The van der Waals surface area contributed by atoms with E-state index < -0.39 is 17.6 Å². The Hall–Kier alpha value is -2.24. The first-order chi connectivity index (χ1) is 8.89. The molecule has 100 valence electrons. The third kappa shape index (κ3) is 2.78. The highest BCUT2D eigenvalue weighted by Crippen LogP contribution is 2.37. The van der Waals surface area contributed by atoms with Crippen molar-refractivity contribution in [3.8, 4) is 11.6 Å². The summed E-state index contributed by atoms with van der Waals surface area (Å²) in [5.74, 6) is -0.229. The van der Waals surface area contributed by atoms with Gasteiger partial charge in [-0.05, 0) is 31.2 Å². The molecule has 2 N–H and O–H groups in total. The van der Waals surface area contributed by atoms with E-state index in [1.807, 2.05) is 0 Å². The largest absolute Gasteiger partial charge is 0.438 e. The summed E-state index contributed by atoms with van der Waals surface area (Å²) in [5, 5.41) is 0. The molecular formula is C13H11F3N2O. The average molecular weight is 268 g/mol. The monoisotopic (exact) mass is 268 g/mol. The summed E-state index contributed by atoms with van der Waals surface area (Å²) in [4.78, 5) is 3.63. The smallest absolute Gasteiger partial charge is 0.421 e. The molecule has 0 atom stereocenters. The Kier molecular flexibility index (Phi) is 3.33. The molecule has 2 aromatic rings. The molecule has 0 spiro atoms. The number of benzene rings is 1. The summed E-state index contributed by atoms with van der Waals surface area (Å²) >= 11 is 0. The molecule has 0 bridgehead atoms.